The Bertz CT molecular complexity index is 1240. The molecule has 172 valence electrons. The molecule has 0 spiro atoms. The highest BCUT2D eigenvalue weighted by Crippen LogP contribution is 2.38. The highest BCUT2D eigenvalue weighted by Gasteiger charge is 2.37. The molecule has 0 bridgehead atoms. The fraction of sp³-hybridized carbons (Fsp3) is 0.333. The van der Waals surface area contributed by atoms with E-state index in [1.807, 2.05) is 42.5 Å². The first-order chi connectivity index (χ1) is 16.0. The Morgan fingerprint density at radius 1 is 1.06 bits per heavy atom. The number of sulfonamides is 1. The van der Waals surface area contributed by atoms with Gasteiger partial charge in [0, 0.05) is 42.6 Å². The first-order valence-corrected chi connectivity index (χ1v) is 12.7. The van der Waals surface area contributed by atoms with Crippen molar-refractivity contribution >= 4 is 27.2 Å². The van der Waals surface area contributed by atoms with Crippen LogP contribution in [0.25, 0.3) is 11.3 Å². The number of H-pyrrole nitrogens is 1. The quantitative estimate of drug-likeness (QED) is 0.576. The van der Waals surface area contributed by atoms with Gasteiger partial charge < -0.3 is 15.0 Å². The molecule has 2 aromatic heterocycles. The van der Waals surface area contributed by atoms with Crippen molar-refractivity contribution in [2.45, 2.75) is 19.4 Å². The van der Waals surface area contributed by atoms with Crippen molar-refractivity contribution in [1.29, 1.82) is 0 Å². The summed E-state index contributed by atoms with van der Waals surface area (Å²) in [7, 11) is -3.58. The number of para-hydroxylation sites is 1. The second-order valence-electron chi connectivity index (χ2n) is 8.48. The number of carbonyl (C=O) groups excluding carboxylic acids is 1. The Hall–Kier alpha value is -3.01. The summed E-state index contributed by atoms with van der Waals surface area (Å²) < 4.78 is 33.0. The topological polar surface area (TPSA) is 104 Å². The Kier molecular flexibility index (Phi) is 6.01. The summed E-state index contributed by atoms with van der Waals surface area (Å²) >= 11 is 0. The molecule has 8 nitrogen and oxygen atoms in total. The number of aromatic nitrogens is 2. The summed E-state index contributed by atoms with van der Waals surface area (Å²) in [6, 6.07) is 13.3. The number of anilines is 2. The van der Waals surface area contributed by atoms with Crippen LogP contribution in [0.3, 0.4) is 0 Å². The SMILES string of the molecule is O=C1CN(S(=O)(=O)CC2CCOCC2)Cc2[nH]c(-c3ccncc3)c(Nc3ccccc3)c21. The molecule has 9 heteroatoms. The van der Waals surface area contributed by atoms with Gasteiger partial charge in [-0.1, -0.05) is 18.2 Å². The highest BCUT2D eigenvalue weighted by molar-refractivity contribution is 7.89. The van der Waals surface area contributed by atoms with E-state index in [2.05, 4.69) is 15.3 Å². The van der Waals surface area contributed by atoms with E-state index < -0.39 is 10.0 Å². The van der Waals surface area contributed by atoms with Gasteiger partial charge in [-0.2, -0.15) is 4.31 Å². The molecule has 1 fully saturated rings. The van der Waals surface area contributed by atoms with Crippen molar-refractivity contribution in [3.8, 4) is 11.3 Å². The zero-order valence-corrected chi connectivity index (χ0v) is 19.0. The predicted octanol–water partition coefficient (Wildman–Crippen LogP) is 3.58. The monoisotopic (exact) mass is 466 g/mol. The minimum Gasteiger partial charge on any atom is -0.381 e. The molecule has 33 heavy (non-hydrogen) atoms. The molecular weight excluding hydrogens is 440 g/mol. The average molecular weight is 467 g/mol. The van der Waals surface area contributed by atoms with Gasteiger partial charge in [-0.15, -0.1) is 0 Å². The van der Waals surface area contributed by atoms with Crippen LogP contribution in [0.2, 0.25) is 0 Å². The van der Waals surface area contributed by atoms with Gasteiger partial charge in [0.05, 0.1) is 35.8 Å². The van der Waals surface area contributed by atoms with E-state index in [-0.39, 0.29) is 30.5 Å². The predicted molar refractivity (Wildman–Crippen MR) is 126 cm³/mol. The Labute approximate surface area is 193 Å². The van der Waals surface area contributed by atoms with Crippen LogP contribution < -0.4 is 5.32 Å². The first kappa shape index (κ1) is 21.8. The molecule has 1 saturated heterocycles. The van der Waals surface area contributed by atoms with E-state index in [4.69, 9.17) is 4.74 Å². The molecule has 2 N–H and O–H groups in total. The lowest BCUT2D eigenvalue weighted by Gasteiger charge is -2.29. The van der Waals surface area contributed by atoms with Crippen molar-refractivity contribution in [3.05, 3.63) is 66.1 Å². The second kappa shape index (κ2) is 9.09. The maximum absolute atomic E-state index is 13.3. The fourth-order valence-electron chi connectivity index (χ4n) is 4.49. The fourth-order valence-corrected chi connectivity index (χ4v) is 6.27. The van der Waals surface area contributed by atoms with Gasteiger partial charge in [0.25, 0.3) is 0 Å². The van der Waals surface area contributed by atoms with Crippen LogP contribution >= 0.6 is 0 Å². The first-order valence-electron chi connectivity index (χ1n) is 11.1. The maximum Gasteiger partial charge on any atom is 0.215 e. The molecule has 3 aromatic rings. The molecule has 1 aromatic carbocycles. The van der Waals surface area contributed by atoms with E-state index in [1.165, 1.54) is 4.31 Å². The maximum atomic E-state index is 13.3. The Balaban J connectivity index is 1.49. The molecule has 0 amide bonds. The van der Waals surface area contributed by atoms with Gasteiger partial charge in [0.15, 0.2) is 5.78 Å². The second-order valence-corrected chi connectivity index (χ2v) is 10.5. The molecule has 2 aliphatic heterocycles. The van der Waals surface area contributed by atoms with Gasteiger partial charge in [-0.3, -0.25) is 9.78 Å². The summed E-state index contributed by atoms with van der Waals surface area (Å²) in [6.07, 6.45) is 4.83. The van der Waals surface area contributed by atoms with Gasteiger partial charge in [0.2, 0.25) is 10.0 Å². The summed E-state index contributed by atoms with van der Waals surface area (Å²) in [5.41, 5.74) is 4.23. The summed E-state index contributed by atoms with van der Waals surface area (Å²) in [5.74, 6) is -0.111. The lowest BCUT2D eigenvalue weighted by atomic mass is 10.0. The number of benzene rings is 1. The number of rotatable bonds is 6. The van der Waals surface area contributed by atoms with Gasteiger partial charge in [-0.25, -0.2) is 8.42 Å². The third-order valence-corrected chi connectivity index (χ3v) is 8.14. The summed E-state index contributed by atoms with van der Waals surface area (Å²) in [4.78, 5) is 20.7. The minimum atomic E-state index is -3.58. The number of Topliss-reactive ketones (excluding diaryl/α,β-unsaturated/α-hetero) is 1. The van der Waals surface area contributed by atoms with E-state index in [9.17, 15) is 13.2 Å². The summed E-state index contributed by atoms with van der Waals surface area (Å²) in [6.45, 7) is 1.16. The number of aromatic amines is 1. The van der Waals surface area contributed by atoms with Crippen LogP contribution in [0.5, 0.6) is 0 Å². The van der Waals surface area contributed by atoms with Crippen LogP contribution in [0.15, 0.2) is 54.9 Å². The number of ketones is 1. The molecule has 0 atom stereocenters. The van der Waals surface area contributed by atoms with Gasteiger partial charge in [-0.05, 0) is 43.0 Å². The molecule has 5 rings (SSSR count). The van der Waals surface area contributed by atoms with Crippen molar-refractivity contribution in [1.82, 2.24) is 14.3 Å². The summed E-state index contributed by atoms with van der Waals surface area (Å²) in [5, 5.41) is 3.37. The van der Waals surface area contributed by atoms with Gasteiger partial charge in [0.1, 0.15) is 0 Å². The molecule has 0 radical (unpaired) electrons. The molecule has 0 unspecified atom stereocenters. The van der Waals surface area contributed by atoms with Crippen LogP contribution in [-0.2, 0) is 21.3 Å². The van der Waals surface area contributed by atoms with E-state index in [0.29, 0.717) is 30.2 Å². The van der Waals surface area contributed by atoms with Crippen molar-refractivity contribution in [3.63, 3.8) is 0 Å². The Morgan fingerprint density at radius 3 is 2.52 bits per heavy atom. The molecule has 0 saturated carbocycles. The van der Waals surface area contributed by atoms with Crippen LogP contribution in [0.4, 0.5) is 11.4 Å². The van der Waals surface area contributed by atoms with Gasteiger partial charge >= 0.3 is 0 Å². The molecule has 4 heterocycles. The number of nitrogens with one attached hydrogen (secondary N) is 2. The number of nitrogens with zero attached hydrogens (tertiary/aromatic N) is 2. The van der Waals surface area contributed by atoms with Crippen molar-refractivity contribution in [2.24, 2.45) is 5.92 Å². The zero-order valence-electron chi connectivity index (χ0n) is 18.2. The van der Waals surface area contributed by atoms with Crippen LogP contribution in [0, 0.1) is 5.92 Å². The van der Waals surface area contributed by atoms with E-state index in [0.717, 1.165) is 29.8 Å². The smallest absolute Gasteiger partial charge is 0.215 e. The average Bonchev–Trinajstić information content (AvgIpc) is 3.19. The largest absolute Gasteiger partial charge is 0.381 e. The molecule has 0 aliphatic carbocycles. The van der Waals surface area contributed by atoms with Crippen molar-refractivity contribution < 1.29 is 17.9 Å². The number of hydrogen-bond donors (Lipinski definition) is 2. The standard InChI is InChI=1S/C24H26N4O4S/c29-21-15-28(33(30,31)16-17-8-12-32-13-9-17)14-20-22(21)24(26-19-4-2-1-3-5-19)23(27-20)18-6-10-25-11-7-18/h1-7,10-11,17,26-27H,8-9,12-16H2. The normalized spacial score (nSPS) is 17.6. The molecule has 2 aliphatic rings. The number of fused-ring (bicyclic) bond motifs is 1. The third kappa shape index (κ3) is 4.57. The van der Waals surface area contributed by atoms with Crippen LogP contribution in [-0.4, -0.2) is 54.0 Å². The lowest BCUT2D eigenvalue weighted by molar-refractivity contribution is 0.0718. The zero-order chi connectivity index (χ0) is 22.8. The minimum absolute atomic E-state index is 0.0476. The third-order valence-electron chi connectivity index (χ3n) is 6.20. The van der Waals surface area contributed by atoms with E-state index in [1.54, 1.807) is 12.4 Å². The number of hydrogen-bond acceptors (Lipinski definition) is 6. The number of carbonyl (C=O) groups is 1. The number of ether oxygens (including phenoxy) is 1. The highest BCUT2D eigenvalue weighted by atomic mass is 32.2. The van der Waals surface area contributed by atoms with Crippen molar-refractivity contribution in [2.75, 3.05) is 30.8 Å². The Morgan fingerprint density at radius 2 is 1.79 bits per heavy atom. The van der Waals surface area contributed by atoms with E-state index >= 15 is 0 Å². The van der Waals surface area contributed by atoms with Crippen LogP contribution in [0.1, 0.15) is 28.9 Å². The lowest BCUT2D eigenvalue weighted by Crippen LogP contribution is -2.42. The number of pyridine rings is 1. The molecular formula is C24H26N4O4S.